The molecule has 0 atom stereocenters. The predicted molar refractivity (Wildman–Crippen MR) is 110 cm³/mol. The molecule has 0 aliphatic carbocycles. The highest BCUT2D eigenvalue weighted by Gasteiger charge is 2.13. The zero-order valence-electron chi connectivity index (χ0n) is 15.0. The van der Waals surface area contributed by atoms with Crippen molar-refractivity contribution in [2.75, 3.05) is 11.9 Å². The smallest absolute Gasteiger partial charge is 0.240 e. The fourth-order valence-electron chi connectivity index (χ4n) is 2.11. The summed E-state index contributed by atoms with van der Waals surface area (Å²) in [5.74, 6) is -0.421. The van der Waals surface area contributed by atoms with Crippen LogP contribution in [0.5, 0.6) is 0 Å². The summed E-state index contributed by atoms with van der Waals surface area (Å²) in [6.07, 6.45) is 0.718. The van der Waals surface area contributed by atoms with Crippen molar-refractivity contribution in [2.24, 2.45) is 5.10 Å². The van der Waals surface area contributed by atoms with Gasteiger partial charge in [0.15, 0.2) is 5.11 Å². The summed E-state index contributed by atoms with van der Waals surface area (Å²) in [6, 6.07) is 12.5. The highest BCUT2D eigenvalue weighted by atomic mass is 32.2. The van der Waals surface area contributed by atoms with Crippen LogP contribution in [0.25, 0.3) is 0 Å². The van der Waals surface area contributed by atoms with E-state index in [1.54, 1.807) is 37.3 Å². The van der Waals surface area contributed by atoms with Gasteiger partial charge < -0.3 is 5.32 Å². The number of hydrazone groups is 1. The van der Waals surface area contributed by atoms with Gasteiger partial charge in [0.05, 0.1) is 16.3 Å². The SMILES string of the molecule is CCCNS(=O)(=O)c1ccc(/C(C)=N\NC(=S)Nc2ccccc2F)cc1. The van der Waals surface area contributed by atoms with Crippen LogP contribution in [0.4, 0.5) is 10.1 Å². The lowest BCUT2D eigenvalue weighted by molar-refractivity contribution is 0.581. The molecule has 2 rings (SSSR count). The lowest BCUT2D eigenvalue weighted by atomic mass is 10.1. The van der Waals surface area contributed by atoms with E-state index in [2.05, 4.69) is 20.6 Å². The summed E-state index contributed by atoms with van der Waals surface area (Å²) < 4.78 is 40.3. The number of hydrogen-bond acceptors (Lipinski definition) is 4. The Labute approximate surface area is 163 Å². The topological polar surface area (TPSA) is 82.6 Å². The Morgan fingerprint density at radius 3 is 2.44 bits per heavy atom. The molecule has 0 aromatic heterocycles. The van der Waals surface area contributed by atoms with Gasteiger partial charge in [0.2, 0.25) is 10.0 Å². The molecule has 0 unspecified atom stereocenters. The second-order valence-corrected chi connectivity index (χ2v) is 7.84. The third kappa shape index (κ3) is 6.09. The Hall–Kier alpha value is -2.36. The fraction of sp³-hybridized carbons (Fsp3) is 0.222. The molecular formula is C18H21FN4O2S2. The minimum atomic E-state index is -3.50. The van der Waals surface area contributed by atoms with E-state index in [4.69, 9.17) is 12.2 Å². The molecule has 0 radical (unpaired) electrons. The molecule has 0 spiro atoms. The van der Waals surface area contributed by atoms with E-state index < -0.39 is 15.8 Å². The predicted octanol–water partition coefficient (Wildman–Crippen LogP) is 3.22. The van der Waals surface area contributed by atoms with E-state index in [-0.39, 0.29) is 15.7 Å². The fourth-order valence-corrected chi connectivity index (χ4v) is 3.40. The first kappa shape index (κ1) is 20.9. The van der Waals surface area contributed by atoms with Crippen molar-refractivity contribution in [3.63, 3.8) is 0 Å². The molecule has 144 valence electrons. The molecule has 6 nitrogen and oxygen atoms in total. The Morgan fingerprint density at radius 1 is 1.15 bits per heavy atom. The monoisotopic (exact) mass is 408 g/mol. The molecule has 9 heteroatoms. The number of anilines is 1. The minimum Gasteiger partial charge on any atom is -0.329 e. The lowest BCUT2D eigenvalue weighted by Gasteiger charge is -2.09. The molecule has 0 amide bonds. The third-order valence-corrected chi connectivity index (χ3v) is 5.24. The molecule has 0 saturated heterocycles. The molecule has 0 saturated carbocycles. The number of rotatable bonds is 7. The van der Waals surface area contributed by atoms with Gasteiger partial charge in [-0.05, 0) is 55.4 Å². The van der Waals surface area contributed by atoms with Crippen molar-refractivity contribution in [1.29, 1.82) is 0 Å². The van der Waals surface area contributed by atoms with Gasteiger partial charge in [0, 0.05) is 6.54 Å². The summed E-state index contributed by atoms with van der Waals surface area (Å²) in [5.41, 5.74) is 4.21. The number of para-hydroxylation sites is 1. The normalized spacial score (nSPS) is 11.9. The van der Waals surface area contributed by atoms with Gasteiger partial charge in [-0.15, -0.1) is 0 Å². The van der Waals surface area contributed by atoms with E-state index >= 15 is 0 Å². The zero-order valence-corrected chi connectivity index (χ0v) is 16.6. The van der Waals surface area contributed by atoms with Gasteiger partial charge in [0.1, 0.15) is 5.82 Å². The molecule has 2 aromatic carbocycles. The first-order valence-corrected chi connectivity index (χ1v) is 10.2. The molecule has 27 heavy (non-hydrogen) atoms. The van der Waals surface area contributed by atoms with Crippen molar-refractivity contribution in [3.8, 4) is 0 Å². The zero-order chi connectivity index (χ0) is 19.9. The number of benzene rings is 2. The lowest BCUT2D eigenvalue weighted by Crippen LogP contribution is -2.25. The van der Waals surface area contributed by atoms with Gasteiger partial charge in [-0.2, -0.15) is 5.10 Å². The van der Waals surface area contributed by atoms with Crippen LogP contribution in [0.2, 0.25) is 0 Å². The van der Waals surface area contributed by atoms with Crippen molar-refractivity contribution < 1.29 is 12.8 Å². The largest absolute Gasteiger partial charge is 0.329 e. The van der Waals surface area contributed by atoms with Gasteiger partial charge in [-0.3, -0.25) is 5.43 Å². The minimum absolute atomic E-state index is 0.141. The maximum atomic E-state index is 13.6. The maximum Gasteiger partial charge on any atom is 0.240 e. The number of nitrogens with zero attached hydrogens (tertiary/aromatic N) is 1. The maximum absolute atomic E-state index is 13.6. The standard InChI is InChI=1S/C18H21FN4O2S2/c1-3-12-20-27(24,25)15-10-8-14(9-11-15)13(2)22-23-18(26)21-17-7-5-4-6-16(17)19/h4-11,20H,3,12H2,1-2H3,(H2,21,23,26)/b22-13-. The molecule has 3 N–H and O–H groups in total. The quantitative estimate of drug-likeness (QED) is 0.372. The van der Waals surface area contributed by atoms with Crippen molar-refractivity contribution in [2.45, 2.75) is 25.2 Å². The van der Waals surface area contributed by atoms with Crippen LogP contribution in [0.1, 0.15) is 25.8 Å². The second-order valence-electron chi connectivity index (χ2n) is 5.67. The van der Waals surface area contributed by atoms with Crippen LogP contribution in [-0.2, 0) is 10.0 Å². The number of thiocarbonyl (C=S) groups is 1. The van der Waals surface area contributed by atoms with Crippen molar-refractivity contribution in [1.82, 2.24) is 10.1 Å². The van der Waals surface area contributed by atoms with E-state index in [0.717, 1.165) is 12.0 Å². The second kappa shape index (κ2) is 9.54. The highest BCUT2D eigenvalue weighted by molar-refractivity contribution is 7.89. The average molecular weight is 409 g/mol. The van der Waals surface area contributed by atoms with Crippen LogP contribution in [0.3, 0.4) is 0 Å². The van der Waals surface area contributed by atoms with Crippen molar-refractivity contribution in [3.05, 3.63) is 59.9 Å². The summed E-state index contributed by atoms with van der Waals surface area (Å²) in [4.78, 5) is 0.192. The van der Waals surface area contributed by atoms with Gasteiger partial charge in [-0.25, -0.2) is 17.5 Å². The van der Waals surface area contributed by atoms with Crippen LogP contribution in [0.15, 0.2) is 58.5 Å². The summed E-state index contributed by atoms with van der Waals surface area (Å²) in [6.45, 7) is 4.03. The van der Waals surface area contributed by atoms with Crippen LogP contribution >= 0.6 is 12.2 Å². The number of hydrogen-bond donors (Lipinski definition) is 3. The van der Waals surface area contributed by atoms with Gasteiger partial charge >= 0.3 is 0 Å². The molecule has 2 aromatic rings. The Bertz CT molecular complexity index is 929. The molecule has 0 heterocycles. The molecule has 0 fully saturated rings. The molecule has 0 aliphatic heterocycles. The van der Waals surface area contributed by atoms with E-state index in [0.29, 0.717) is 12.3 Å². The van der Waals surface area contributed by atoms with E-state index in [9.17, 15) is 12.8 Å². The molecule has 0 aliphatic rings. The van der Waals surface area contributed by atoms with E-state index in [1.165, 1.54) is 18.2 Å². The molecule has 0 bridgehead atoms. The Morgan fingerprint density at radius 2 is 1.81 bits per heavy atom. The van der Waals surface area contributed by atoms with Crippen LogP contribution in [-0.4, -0.2) is 25.8 Å². The van der Waals surface area contributed by atoms with Crippen LogP contribution in [0, 0.1) is 5.82 Å². The first-order valence-electron chi connectivity index (χ1n) is 8.29. The third-order valence-electron chi connectivity index (χ3n) is 3.57. The number of nitrogens with one attached hydrogen (secondary N) is 3. The van der Waals surface area contributed by atoms with Gasteiger partial charge in [-0.1, -0.05) is 31.2 Å². The Kier molecular flexibility index (Phi) is 7.40. The van der Waals surface area contributed by atoms with E-state index in [1.807, 2.05) is 6.92 Å². The number of sulfonamides is 1. The summed E-state index contributed by atoms with van der Waals surface area (Å²) >= 11 is 5.09. The summed E-state index contributed by atoms with van der Waals surface area (Å²) in [5, 5.41) is 6.99. The van der Waals surface area contributed by atoms with Crippen LogP contribution < -0.4 is 15.5 Å². The number of halogens is 1. The average Bonchev–Trinajstić information content (AvgIpc) is 2.66. The first-order chi connectivity index (χ1) is 12.8. The Balaban J connectivity index is 2.01. The highest BCUT2D eigenvalue weighted by Crippen LogP contribution is 2.13. The van der Waals surface area contributed by atoms with Crippen molar-refractivity contribution >= 4 is 38.8 Å². The van der Waals surface area contributed by atoms with Gasteiger partial charge in [0.25, 0.3) is 0 Å². The molecular weight excluding hydrogens is 387 g/mol. The summed E-state index contributed by atoms with van der Waals surface area (Å²) in [7, 11) is -3.50.